The quantitative estimate of drug-likeness (QED) is 0.411. The maximum absolute atomic E-state index is 11.4. The topological polar surface area (TPSA) is 127 Å². The largest absolute Gasteiger partial charge is 0.399 e. The molecular formula is C16H16Cl2N4O4. The van der Waals surface area contributed by atoms with E-state index in [1.807, 2.05) is 5.32 Å². The number of amides is 2. The highest BCUT2D eigenvalue weighted by Crippen LogP contribution is 2.22. The summed E-state index contributed by atoms with van der Waals surface area (Å²) < 4.78 is 41.1. The summed E-state index contributed by atoms with van der Waals surface area (Å²) >= 11 is 11.4. The van der Waals surface area contributed by atoms with Crippen LogP contribution in [0.15, 0.2) is 36.4 Å². The summed E-state index contributed by atoms with van der Waals surface area (Å²) in [6.45, 7) is -5.16. The molecule has 0 unspecified atom stereocenters. The molecule has 4 N–H and O–H groups in total. The number of rotatable bonds is 3. The fraction of sp³-hybridized carbons (Fsp3) is 0.125. The number of nitro benzene ring substituents is 1. The van der Waals surface area contributed by atoms with Crippen LogP contribution < -0.4 is 16.4 Å². The van der Waals surface area contributed by atoms with E-state index in [9.17, 15) is 19.7 Å². The monoisotopic (exact) mass is 404 g/mol. The van der Waals surface area contributed by atoms with E-state index in [4.69, 9.17) is 37.2 Å². The van der Waals surface area contributed by atoms with Crippen LogP contribution in [-0.4, -0.2) is 30.7 Å². The minimum Gasteiger partial charge on any atom is -0.399 e. The standard InChI is InChI=1S/C8H7ClN2O3.C8H9ClN2O/c1-10-8(12)6-3-2-5(11(13)14)4-7(6)9;1-11-8(12)6-3-2-5(10)4-7(6)9/h2-4H,1H3,(H,10,12);2-4H,10H2,1H3,(H,11,12)/i2*1D3. The first-order chi connectivity index (χ1) is 14.5. The van der Waals surface area contributed by atoms with Crippen molar-refractivity contribution in [1.82, 2.24) is 10.6 Å². The third-order valence-electron chi connectivity index (χ3n) is 2.87. The van der Waals surface area contributed by atoms with Crippen LogP contribution in [0.3, 0.4) is 0 Å². The van der Waals surface area contributed by atoms with Gasteiger partial charge in [-0.1, -0.05) is 23.2 Å². The van der Waals surface area contributed by atoms with Gasteiger partial charge < -0.3 is 16.4 Å². The van der Waals surface area contributed by atoms with Crippen LogP contribution in [0.5, 0.6) is 0 Å². The Morgan fingerprint density at radius 2 is 1.54 bits per heavy atom. The number of halogens is 2. The van der Waals surface area contributed by atoms with Crippen molar-refractivity contribution in [3.63, 3.8) is 0 Å². The number of benzene rings is 2. The van der Waals surface area contributed by atoms with E-state index in [2.05, 4.69) is 0 Å². The SMILES string of the molecule is [2H]C([2H])([2H])NC(=O)c1ccc(N)cc1Cl.[2H]C([2H])([2H])NC(=O)c1ccc([N+](=O)[O-])cc1Cl. The van der Waals surface area contributed by atoms with Crippen molar-refractivity contribution in [2.45, 2.75) is 0 Å². The summed E-state index contributed by atoms with van der Waals surface area (Å²) in [5.74, 6) is -1.66. The van der Waals surface area contributed by atoms with Gasteiger partial charge in [0.2, 0.25) is 0 Å². The predicted molar refractivity (Wildman–Crippen MR) is 101 cm³/mol. The lowest BCUT2D eigenvalue weighted by molar-refractivity contribution is -0.384. The number of hydrogen-bond acceptors (Lipinski definition) is 5. The zero-order valence-corrected chi connectivity index (χ0v) is 14.4. The molecule has 2 aromatic rings. The minimum atomic E-state index is -2.64. The van der Waals surface area contributed by atoms with Crippen molar-refractivity contribution in [3.8, 4) is 0 Å². The lowest BCUT2D eigenvalue weighted by Gasteiger charge is -2.02. The molecule has 0 aliphatic rings. The number of nitro groups is 1. The molecule has 2 aromatic carbocycles. The van der Waals surface area contributed by atoms with Gasteiger partial charge in [0.1, 0.15) is 0 Å². The fourth-order valence-electron chi connectivity index (χ4n) is 1.65. The van der Waals surface area contributed by atoms with Crippen molar-refractivity contribution >= 4 is 46.4 Å². The Morgan fingerprint density at radius 3 is 1.96 bits per heavy atom. The van der Waals surface area contributed by atoms with Gasteiger partial charge in [0.05, 0.1) is 26.1 Å². The molecule has 0 aromatic heterocycles. The number of carbonyl (C=O) groups excluding carboxylic acids is 2. The normalized spacial score (nSPS) is 13.9. The number of nitrogens with one attached hydrogen (secondary N) is 2. The van der Waals surface area contributed by atoms with Crippen molar-refractivity contribution in [3.05, 3.63) is 67.7 Å². The summed E-state index contributed by atoms with van der Waals surface area (Å²) in [7, 11) is 0. The highest BCUT2D eigenvalue weighted by atomic mass is 35.5. The molecule has 0 aliphatic heterocycles. The lowest BCUT2D eigenvalue weighted by Crippen LogP contribution is -2.18. The minimum absolute atomic E-state index is 0.0852. The second-order valence-electron chi connectivity index (χ2n) is 4.57. The highest BCUT2D eigenvalue weighted by molar-refractivity contribution is 6.34. The molecule has 0 saturated heterocycles. The fourth-order valence-corrected chi connectivity index (χ4v) is 2.19. The third-order valence-corrected chi connectivity index (χ3v) is 3.50. The number of hydrogen-bond donors (Lipinski definition) is 3. The van der Waals surface area contributed by atoms with Crippen molar-refractivity contribution in [2.75, 3.05) is 19.7 Å². The molecule has 2 amide bonds. The lowest BCUT2D eigenvalue weighted by atomic mass is 10.2. The molecular weight excluding hydrogens is 383 g/mol. The summed E-state index contributed by atoms with van der Waals surface area (Å²) in [4.78, 5) is 32.6. The maximum atomic E-state index is 11.4. The Bertz CT molecular complexity index is 1030. The molecule has 0 bridgehead atoms. The van der Waals surface area contributed by atoms with E-state index in [-0.39, 0.29) is 26.9 Å². The second kappa shape index (κ2) is 9.59. The average molecular weight is 405 g/mol. The second-order valence-corrected chi connectivity index (χ2v) is 5.38. The first kappa shape index (κ1) is 13.4. The van der Waals surface area contributed by atoms with E-state index < -0.39 is 30.7 Å². The number of anilines is 1. The molecule has 10 heteroatoms. The summed E-state index contributed by atoms with van der Waals surface area (Å²) in [5, 5.41) is 13.9. The number of nitrogens with zero attached hydrogens (tertiary/aromatic N) is 1. The number of carbonyl (C=O) groups is 2. The Kier molecular flexibility index (Phi) is 4.94. The van der Waals surface area contributed by atoms with Gasteiger partial charge in [0, 0.05) is 40.0 Å². The van der Waals surface area contributed by atoms with Gasteiger partial charge in [-0.05, 0) is 24.3 Å². The molecule has 0 spiro atoms. The zero-order chi connectivity index (χ0) is 24.9. The first-order valence-electron chi connectivity index (χ1n) is 9.64. The molecule has 8 nitrogen and oxygen atoms in total. The maximum Gasteiger partial charge on any atom is 0.270 e. The van der Waals surface area contributed by atoms with Gasteiger partial charge in [-0.2, -0.15) is 0 Å². The smallest absolute Gasteiger partial charge is 0.270 e. The molecule has 2 rings (SSSR count). The van der Waals surface area contributed by atoms with Crippen LogP contribution in [0.2, 0.25) is 10.0 Å². The van der Waals surface area contributed by atoms with Gasteiger partial charge in [-0.25, -0.2) is 0 Å². The molecule has 0 aliphatic carbocycles. The van der Waals surface area contributed by atoms with E-state index in [0.717, 1.165) is 18.2 Å². The van der Waals surface area contributed by atoms with Crippen molar-refractivity contribution in [2.24, 2.45) is 0 Å². The van der Waals surface area contributed by atoms with E-state index >= 15 is 0 Å². The summed E-state index contributed by atoms with van der Waals surface area (Å²) in [5.41, 5.74) is 5.51. The van der Waals surface area contributed by atoms with Crippen LogP contribution in [-0.2, 0) is 0 Å². The molecule has 138 valence electrons. The zero-order valence-electron chi connectivity index (χ0n) is 18.9. The van der Waals surface area contributed by atoms with Crippen LogP contribution in [0, 0.1) is 10.1 Å². The van der Waals surface area contributed by atoms with Crippen LogP contribution >= 0.6 is 23.2 Å². The van der Waals surface area contributed by atoms with Gasteiger partial charge >= 0.3 is 0 Å². The molecule has 0 heterocycles. The number of non-ortho nitro benzene ring substituents is 1. The van der Waals surface area contributed by atoms with Crippen LogP contribution in [0.1, 0.15) is 28.9 Å². The molecule has 26 heavy (non-hydrogen) atoms. The van der Waals surface area contributed by atoms with E-state index in [1.165, 1.54) is 18.2 Å². The number of nitrogen functional groups attached to an aromatic ring is 1. The Balaban J connectivity index is 0.000000323. The van der Waals surface area contributed by atoms with E-state index in [1.54, 1.807) is 5.32 Å². The number of nitrogens with two attached hydrogens (primary N) is 1. The van der Waals surface area contributed by atoms with Gasteiger partial charge in [-0.15, -0.1) is 0 Å². The third kappa shape index (κ3) is 5.61. The molecule has 0 atom stereocenters. The van der Waals surface area contributed by atoms with Crippen molar-refractivity contribution < 1.29 is 22.7 Å². The summed E-state index contributed by atoms with van der Waals surface area (Å²) in [6.07, 6.45) is 0. The molecule has 0 saturated carbocycles. The summed E-state index contributed by atoms with van der Waals surface area (Å²) in [6, 6.07) is 7.38. The molecule has 0 radical (unpaired) electrons. The van der Waals surface area contributed by atoms with Crippen LogP contribution in [0.4, 0.5) is 11.4 Å². The van der Waals surface area contributed by atoms with Gasteiger partial charge in [-0.3, -0.25) is 19.7 Å². The average Bonchev–Trinajstić information content (AvgIpc) is 2.58. The van der Waals surface area contributed by atoms with Gasteiger partial charge in [0.25, 0.3) is 17.5 Å². The first-order valence-corrected chi connectivity index (χ1v) is 7.40. The van der Waals surface area contributed by atoms with Gasteiger partial charge in [0.15, 0.2) is 0 Å². The van der Waals surface area contributed by atoms with E-state index in [0.29, 0.717) is 5.69 Å². The molecule has 0 fully saturated rings. The Labute approximate surface area is 167 Å². The Morgan fingerprint density at radius 1 is 1.04 bits per heavy atom. The predicted octanol–water partition coefficient (Wildman–Crippen LogP) is 2.89. The Hall–Kier alpha value is -2.84. The highest BCUT2D eigenvalue weighted by Gasteiger charge is 2.13. The van der Waals surface area contributed by atoms with Crippen LogP contribution in [0.25, 0.3) is 0 Å². The van der Waals surface area contributed by atoms with Crippen molar-refractivity contribution in [1.29, 1.82) is 0 Å².